The number of anilines is 1. The van der Waals surface area contributed by atoms with E-state index < -0.39 is 55.1 Å². The molecular weight excluding hydrogens is 606 g/mol. The molecule has 14 nitrogen and oxygen atoms in total. The number of ether oxygens (including phenoxy) is 2. The third-order valence-electron chi connectivity index (χ3n) is 5.59. The van der Waals surface area contributed by atoms with Crippen LogP contribution in [0, 0.1) is 0 Å². The second kappa shape index (κ2) is 11.7. The quantitative estimate of drug-likeness (QED) is 0.137. The molecule has 1 aromatic carbocycles. The van der Waals surface area contributed by atoms with E-state index >= 15 is 4.39 Å². The molecule has 39 heavy (non-hydrogen) atoms. The lowest BCUT2D eigenvalue weighted by Gasteiger charge is -2.24. The molecule has 3 heterocycles. The summed E-state index contributed by atoms with van der Waals surface area (Å²) in [6.07, 6.45) is -2.97. The predicted octanol–water partition coefficient (Wildman–Crippen LogP) is 2.41. The minimum absolute atomic E-state index is 0.00976. The Morgan fingerprint density at radius 1 is 1.41 bits per heavy atom. The van der Waals surface area contributed by atoms with Crippen molar-refractivity contribution in [2.24, 2.45) is 0 Å². The van der Waals surface area contributed by atoms with E-state index in [1.54, 1.807) is 18.2 Å². The Morgan fingerprint density at radius 3 is 2.82 bits per heavy atom. The molecule has 1 saturated heterocycles. The second-order valence-corrected chi connectivity index (χ2v) is 11.5. The maximum Gasteiger partial charge on any atom is 0.459 e. The van der Waals surface area contributed by atoms with Crippen LogP contribution in [0.3, 0.4) is 0 Å². The van der Waals surface area contributed by atoms with E-state index in [2.05, 4.69) is 36.1 Å². The SMILES string of the molecule is CCCOC(=O)[C@H](C)NP(=O)(OC[C@H]1O[C@@H](c2cnc3c(O)nc(N)nn23)[C@@](F)(Br)C1O)Oc1ccccc1. The summed E-state index contributed by atoms with van der Waals surface area (Å²) < 4.78 is 49.8. The van der Waals surface area contributed by atoms with Crippen LogP contribution in [0.5, 0.6) is 11.6 Å². The number of carbonyl (C=O) groups is 1. The molecule has 5 N–H and O–H groups in total. The highest BCUT2D eigenvalue weighted by Crippen LogP contribution is 2.51. The van der Waals surface area contributed by atoms with Crippen molar-refractivity contribution in [2.45, 2.75) is 49.2 Å². The van der Waals surface area contributed by atoms with Gasteiger partial charge in [-0.2, -0.15) is 10.1 Å². The van der Waals surface area contributed by atoms with E-state index in [4.69, 9.17) is 24.3 Å². The highest BCUT2D eigenvalue weighted by molar-refractivity contribution is 9.10. The number of nitrogen functional groups attached to an aromatic ring is 1. The maximum atomic E-state index is 15.7. The lowest BCUT2D eigenvalue weighted by Crippen LogP contribution is -2.39. The van der Waals surface area contributed by atoms with Crippen LogP contribution in [0.15, 0.2) is 36.5 Å². The fourth-order valence-electron chi connectivity index (χ4n) is 3.72. The summed E-state index contributed by atoms with van der Waals surface area (Å²) in [6, 6.07) is 6.94. The number of nitrogens with two attached hydrogens (primary N) is 1. The van der Waals surface area contributed by atoms with Gasteiger partial charge in [-0.25, -0.2) is 18.5 Å². The van der Waals surface area contributed by atoms with Crippen LogP contribution in [0.1, 0.15) is 32.1 Å². The minimum atomic E-state index is -4.30. The Morgan fingerprint density at radius 2 is 2.13 bits per heavy atom. The average molecular weight is 633 g/mol. The molecule has 212 valence electrons. The van der Waals surface area contributed by atoms with Gasteiger partial charge in [0.15, 0.2) is 0 Å². The molecule has 1 aliphatic heterocycles. The molecule has 3 aromatic rings. The number of aliphatic hydroxyl groups is 1. The summed E-state index contributed by atoms with van der Waals surface area (Å²) in [5.41, 5.74) is 5.46. The van der Waals surface area contributed by atoms with Gasteiger partial charge in [-0.15, -0.1) is 5.10 Å². The zero-order valence-corrected chi connectivity index (χ0v) is 23.3. The smallest absolute Gasteiger partial charge is 0.459 e. The highest BCUT2D eigenvalue weighted by Gasteiger charge is 2.58. The number of hydrogen-bond acceptors (Lipinski definition) is 12. The summed E-state index contributed by atoms with van der Waals surface area (Å²) >= 11 is 2.86. The zero-order valence-electron chi connectivity index (χ0n) is 20.8. The topological polar surface area (TPSA) is 193 Å². The number of benzene rings is 1. The van der Waals surface area contributed by atoms with Crippen LogP contribution < -0.4 is 15.3 Å². The molecule has 2 aromatic heterocycles. The summed E-state index contributed by atoms with van der Waals surface area (Å²) in [4.78, 5) is 19.8. The van der Waals surface area contributed by atoms with Crippen molar-refractivity contribution in [3.8, 4) is 11.6 Å². The van der Waals surface area contributed by atoms with Gasteiger partial charge >= 0.3 is 13.7 Å². The van der Waals surface area contributed by atoms with Crippen LogP contribution in [0.25, 0.3) is 5.65 Å². The molecule has 1 fully saturated rings. The Bertz CT molecular complexity index is 1370. The number of aliphatic hydroxyl groups excluding tert-OH is 1. The first-order chi connectivity index (χ1) is 18.4. The minimum Gasteiger partial charge on any atom is -0.491 e. The number of imidazole rings is 1. The van der Waals surface area contributed by atoms with Gasteiger partial charge < -0.3 is 29.9 Å². The third kappa shape index (κ3) is 6.31. The van der Waals surface area contributed by atoms with E-state index in [-0.39, 0.29) is 29.6 Å². The summed E-state index contributed by atoms with van der Waals surface area (Å²) in [7, 11) is -4.30. The maximum absolute atomic E-state index is 15.7. The van der Waals surface area contributed by atoms with Gasteiger partial charge in [-0.05, 0) is 41.4 Å². The molecule has 2 unspecified atom stereocenters. The van der Waals surface area contributed by atoms with Gasteiger partial charge in [-0.3, -0.25) is 9.32 Å². The Balaban J connectivity index is 1.54. The van der Waals surface area contributed by atoms with Crippen LogP contribution in [0.4, 0.5) is 10.3 Å². The monoisotopic (exact) mass is 632 g/mol. The molecule has 4 rings (SSSR count). The van der Waals surface area contributed by atoms with Crippen molar-refractivity contribution in [1.82, 2.24) is 24.7 Å². The normalized spacial score (nSPS) is 25.3. The lowest BCUT2D eigenvalue weighted by molar-refractivity contribution is -0.145. The number of esters is 1. The van der Waals surface area contributed by atoms with Crippen molar-refractivity contribution in [2.75, 3.05) is 18.9 Å². The average Bonchev–Trinajstić information content (AvgIpc) is 3.39. The van der Waals surface area contributed by atoms with E-state index in [1.807, 2.05) is 6.92 Å². The van der Waals surface area contributed by atoms with E-state index in [9.17, 15) is 19.6 Å². The first-order valence-electron chi connectivity index (χ1n) is 11.8. The largest absolute Gasteiger partial charge is 0.491 e. The number of halogens is 2. The summed E-state index contributed by atoms with van der Waals surface area (Å²) in [5, 5.41) is 27.1. The number of alkyl halides is 2. The Kier molecular flexibility index (Phi) is 8.73. The Hall–Kier alpha value is -2.88. The molecule has 17 heteroatoms. The number of nitrogens with zero attached hydrogens (tertiary/aromatic N) is 4. The number of fused-ring (bicyclic) bond motifs is 1. The number of aromatic hydroxyl groups is 1. The van der Waals surface area contributed by atoms with Crippen LogP contribution in [-0.2, 0) is 23.4 Å². The van der Waals surface area contributed by atoms with E-state index in [0.717, 1.165) is 4.52 Å². The first-order valence-corrected chi connectivity index (χ1v) is 14.1. The molecule has 0 saturated carbocycles. The van der Waals surface area contributed by atoms with Crippen LogP contribution in [0.2, 0.25) is 0 Å². The zero-order chi connectivity index (χ0) is 28.4. The highest BCUT2D eigenvalue weighted by atomic mass is 79.9. The number of hydrogen-bond donors (Lipinski definition) is 4. The van der Waals surface area contributed by atoms with Crippen LogP contribution >= 0.6 is 23.7 Å². The number of para-hydroxylation sites is 1. The van der Waals surface area contributed by atoms with Crippen molar-refractivity contribution < 1.29 is 42.5 Å². The Labute approximate surface area is 230 Å². The van der Waals surface area contributed by atoms with Crippen molar-refractivity contribution in [3.63, 3.8) is 0 Å². The first kappa shape index (κ1) is 29.1. The molecule has 6 atom stereocenters. The second-order valence-electron chi connectivity index (χ2n) is 8.60. The summed E-state index contributed by atoms with van der Waals surface area (Å²) in [6.45, 7) is 2.78. The van der Waals surface area contributed by atoms with Crippen molar-refractivity contribution >= 4 is 41.2 Å². The predicted molar refractivity (Wildman–Crippen MR) is 138 cm³/mol. The van der Waals surface area contributed by atoms with Crippen molar-refractivity contribution in [3.05, 3.63) is 42.2 Å². The number of rotatable bonds is 11. The fourth-order valence-corrected chi connectivity index (χ4v) is 5.86. The molecule has 0 radical (unpaired) electrons. The molecule has 1 aliphatic rings. The summed E-state index contributed by atoms with van der Waals surface area (Å²) in [5.74, 6) is -1.37. The van der Waals surface area contributed by atoms with Gasteiger partial charge in [0.2, 0.25) is 16.2 Å². The van der Waals surface area contributed by atoms with Gasteiger partial charge in [0, 0.05) is 0 Å². The van der Waals surface area contributed by atoms with Gasteiger partial charge in [0.1, 0.15) is 30.1 Å². The molecule has 0 spiro atoms. The third-order valence-corrected chi connectivity index (χ3v) is 8.12. The van der Waals surface area contributed by atoms with Gasteiger partial charge in [0.05, 0.1) is 25.1 Å². The molecular formula is C22H27BrFN6O8P. The fraction of sp³-hybridized carbons (Fsp3) is 0.455. The number of aromatic nitrogens is 4. The molecule has 0 aliphatic carbocycles. The van der Waals surface area contributed by atoms with Crippen molar-refractivity contribution in [1.29, 1.82) is 0 Å². The van der Waals surface area contributed by atoms with Gasteiger partial charge in [-0.1, -0.05) is 25.1 Å². The van der Waals surface area contributed by atoms with Crippen LogP contribution in [-0.4, -0.2) is 71.8 Å². The molecule has 0 bridgehead atoms. The standard InChI is InChI=1S/C22H27BrFN6O8P/c1-3-9-35-20(33)12(2)29-39(34,38-13-7-5-4-6-8-13)36-11-15-16(31)22(23,24)17(37-15)14-10-26-18-19(32)27-21(25)28-30(14)18/h4-8,10,12,15-17,31H,3,9,11H2,1-2H3,(H,29,34)(H3,25,27,28,32)/t12-,15+,16?,17-,22+,39?/m0/s1. The lowest BCUT2D eigenvalue weighted by atomic mass is 10.1. The van der Waals surface area contributed by atoms with E-state index in [1.165, 1.54) is 25.3 Å². The van der Waals surface area contributed by atoms with Gasteiger partial charge in [0.25, 0.3) is 5.88 Å². The number of nitrogens with one attached hydrogen (secondary N) is 1. The molecule has 0 amide bonds. The number of carbonyl (C=O) groups excluding carboxylic acids is 1. The van der Waals surface area contributed by atoms with E-state index in [0.29, 0.717) is 6.42 Å².